The quantitative estimate of drug-likeness (QED) is 0.817. The van der Waals surface area contributed by atoms with E-state index in [1.807, 2.05) is 7.05 Å². The summed E-state index contributed by atoms with van der Waals surface area (Å²) in [6.45, 7) is 3.06. The van der Waals surface area contributed by atoms with Gasteiger partial charge in [0.2, 0.25) is 0 Å². The average Bonchev–Trinajstić information content (AvgIpc) is 2.77. The molecule has 5 nitrogen and oxygen atoms in total. The molecule has 0 bridgehead atoms. The first-order valence-corrected chi connectivity index (χ1v) is 6.72. The molecule has 2 heterocycles. The lowest BCUT2D eigenvalue weighted by Crippen LogP contribution is -2.15. The highest BCUT2D eigenvalue weighted by molar-refractivity contribution is 6.17. The molecule has 1 unspecified atom stereocenters. The van der Waals surface area contributed by atoms with E-state index in [0.717, 1.165) is 36.2 Å². The van der Waals surface area contributed by atoms with Crippen LogP contribution in [0.25, 0.3) is 11.0 Å². The highest BCUT2D eigenvalue weighted by Gasteiger charge is 2.10. The summed E-state index contributed by atoms with van der Waals surface area (Å²) >= 11 is 5.79. The Morgan fingerprint density at radius 2 is 2.28 bits per heavy atom. The summed E-state index contributed by atoms with van der Waals surface area (Å²) < 4.78 is 1.75. The van der Waals surface area contributed by atoms with Gasteiger partial charge in [0, 0.05) is 19.5 Å². The van der Waals surface area contributed by atoms with Gasteiger partial charge in [0.15, 0.2) is 5.65 Å². The molecule has 0 aromatic carbocycles. The largest absolute Gasteiger partial charge is 0.369 e. The molecule has 0 fully saturated rings. The number of anilines is 1. The van der Waals surface area contributed by atoms with Gasteiger partial charge in [-0.05, 0) is 12.3 Å². The summed E-state index contributed by atoms with van der Waals surface area (Å²) in [5.74, 6) is 2.12. The van der Waals surface area contributed by atoms with Crippen LogP contribution in [0.15, 0.2) is 12.5 Å². The summed E-state index contributed by atoms with van der Waals surface area (Å²) in [5, 5.41) is 8.53. The molecule has 2 aromatic rings. The van der Waals surface area contributed by atoms with Crippen molar-refractivity contribution >= 4 is 28.5 Å². The first kappa shape index (κ1) is 13.1. The Bertz CT molecular complexity index is 510. The number of hydrogen-bond acceptors (Lipinski definition) is 4. The maximum Gasteiger partial charge on any atom is 0.163 e. The van der Waals surface area contributed by atoms with E-state index >= 15 is 0 Å². The van der Waals surface area contributed by atoms with Crippen LogP contribution >= 0.6 is 11.6 Å². The van der Waals surface area contributed by atoms with Crippen LogP contribution in [0.3, 0.4) is 0 Å². The number of fused-ring (bicyclic) bond motifs is 1. The fraction of sp³-hybridized carbons (Fsp3) is 0.583. The zero-order valence-corrected chi connectivity index (χ0v) is 11.5. The van der Waals surface area contributed by atoms with Crippen molar-refractivity contribution in [2.75, 3.05) is 17.7 Å². The van der Waals surface area contributed by atoms with Gasteiger partial charge in [-0.3, -0.25) is 4.68 Å². The molecular formula is C12H18ClN5. The third-order valence-electron chi connectivity index (χ3n) is 3.18. The monoisotopic (exact) mass is 267 g/mol. The van der Waals surface area contributed by atoms with E-state index < -0.39 is 0 Å². The zero-order chi connectivity index (χ0) is 13.0. The molecule has 0 saturated heterocycles. The molecule has 0 aliphatic heterocycles. The van der Waals surface area contributed by atoms with Crippen LogP contribution in [-0.2, 0) is 7.05 Å². The predicted molar refractivity (Wildman–Crippen MR) is 73.9 cm³/mol. The second-order valence-corrected chi connectivity index (χ2v) is 4.74. The first-order valence-electron chi connectivity index (χ1n) is 6.18. The summed E-state index contributed by atoms with van der Waals surface area (Å²) in [6, 6.07) is 0. The number of hydrogen-bond donors (Lipinski definition) is 1. The second kappa shape index (κ2) is 6.00. The Kier molecular flexibility index (Phi) is 4.36. The van der Waals surface area contributed by atoms with Crippen LogP contribution in [0.5, 0.6) is 0 Å². The molecule has 2 rings (SSSR count). The minimum atomic E-state index is 0.573. The van der Waals surface area contributed by atoms with E-state index in [-0.39, 0.29) is 0 Å². The molecule has 1 N–H and O–H groups in total. The Labute approximate surface area is 112 Å². The van der Waals surface area contributed by atoms with E-state index in [9.17, 15) is 0 Å². The van der Waals surface area contributed by atoms with Crippen molar-refractivity contribution in [1.29, 1.82) is 0 Å². The van der Waals surface area contributed by atoms with Crippen molar-refractivity contribution in [3.8, 4) is 0 Å². The van der Waals surface area contributed by atoms with Crippen molar-refractivity contribution in [3.63, 3.8) is 0 Å². The van der Waals surface area contributed by atoms with Crippen molar-refractivity contribution in [2.45, 2.75) is 19.8 Å². The number of nitrogens with one attached hydrogen (secondary N) is 1. The summed E-state index contributed by atoms with van der Waals surface area (Å²) in [6.07, 6.45) is 5.49. The number of aryl methyl sites for hydroxylation is 1. The van der Waals surface area contributed by atoms with Gasteiger partial charge in [0.05, 0.1) is 11.6 Å². The normalized spacial score (nSPS) is 12.8. The van der Waals surface area contributed by atoms with Gasteiger partial charge in [-0.2, -0.15) is 5.10 Å². The van der Waals surface area contributed by atoms with Crippen LogP contribution in [0.1, 0.15) is 19.8 Å². The van der Waals surface area contributed by atoms with E-state index in [0.29, 0.717) is 11.8 Å². The number of rotatable bonds is 6. The van der Waals surface area contributed by atoms with Gasteiger partial charge in [0.25, 0.3) is 0 Å². The lowest BCUT2D eigenvalue weighted by Gasteiger charge is -2.14. The van der Waals surface area contributed by atoms with E-state index in [4.69, 9.17) is 11.6 Å². The van der Waals surface area contributed by atoms with Gasteiger partial charge < -0.3 is 5.32 Å². The number of alkyl halides is 1. The Hall–Kier alpha value is -1.36. The highest BCUT2D eigenvalue weighted by atomic mass is 35.5. The Morgan fingerprint density at radius 3 is 3.00 bits per heavy atom. The van der Waals surface area contributed by atoms with Gasteiger partial charge >= 0.3 is 0 Å². The standard InChI is InChI=1S/C12H18ClN5/c1-3-9(4-5-13)6-14-11-10-7-17-18(2)12(10)16-8-15-11/h7-9H,3-6H2,1-2H3,(H,14,15,16). The molecule has 98 valence electrons. The molecule has 0 radical (unpaired) electrons. The summed E-state index contributed by atoms with van der Waals surface area (Å²) in [5.41, 5.74) is 0.845. The van der Waals surface area contributed by atoms with Crippen molar-refractivity contribution in [2.24, 2.45) is 13.0 Å². The summed E-state index contributed by atoms with van der Waals surface area (Å²) in [7, 11) is 1.88. The lowest BCUT2D eigenvalue weighted by atomic mass is 10.0. The van der Waals surface area contributed by atoms with Crippen molar-refractivity contribution in [3.05, 3.63) is 12.5 Å². The molecule has 0 saturated carbocycles. The third kappa shape index (κ3) is 2.72. The molecular weight excluding hydrogens is 250 g/mol. The third-order valence-corrected chi connectivity index (χ3v) is 3.40. The number of aromatic nitrogens is 4. The SMILES string of the molecule is CCC(CCCl)CNc1ncnc2c1cnn2C. The molecule has 0 aliphatic carbocycles. The molecule has 0 spiro atoms. The van der Waals surface area contributed by atoms with Crippen molar-refractivity contribution in [1.82, 2.24) is 19.7 Å². The van der Waals surface area contributed by atoms with E-state index in [2.05, 4.69) is 27.3 Å². The molecule has 0 amide bonds. The maximum atomic E-state index is 5.79. The van der Waals surface area contributed by atoms with Gasteiger partial charge in [-0.15, -0.1) is 11.6 Å². The highest BCUT2D eigenvalue weighted by Crippen LogP contribution is 2.19. The average molecular weight is 268 g/mol. The minimum absolute atomic E-state index is 0.573. The van der Waals surface area contributed by atoms with Gasteiger partial charge in [-0.1, -0.05) is 13.3 Å². The van der Waals surface area contributed by atoms with Crippen LogP contribution in [0, 0.1) is 5.92 Å². The van der Waals surface area contributed by atoms with Gasteiger partial charge in [-0.25, -0.2) is 9.97 Å². The lowest BCUT2D eigenvalue weighted by molar-refractivity contribution is 0.521. The molecule has 6 heteroatoms. The fourth-order valence-corrected chi connectivity index (χ4v) is 2.26. The number of halogens is 1. The van der Waals surface area contributed by atoms with Crippen LogP contribution in [0.2, 0.25) is 0 Å². The maximum absolute atomic E-state index is 5.79. The van der Waals surface area contributed by atoms with Crippen molar-refractivity contribution < 1.29 is 0 Å². The summed E-state index contributed by atoms with van der Waals surface area (Å²) in [4.78, 5) is 8.49. The van der Waals surface area contributed by atoms with Crippen LogP contribution in [-0.4, -0.2) is 32.2 Å². The van der Waals surface area contributed by atoms with E-state index in [1.54, 1.807) is 17.2 Å². The smallest absolute Gasteiger partial charge is 0.163 e. The predicted octanol–water partition coefficient (Wildman–Crippen LogP) is 2.43. The van der Waals surface area contributed by atoms with Gasteiger partial charge in [0.1, 0.15) is 12.1 Å². The Morgan fingerprint density at radius 1 is 1.44 bits per heavy atom. The zero-order valence-electron chi connectivity index (χ0n) is 10.7. The number of nitrogens with zero attached hydrogens (tertiary/aromatic N) is 4. The molecule has 1 atom stereocenters. The topological polar surface area (TPSA) is 55.6 Å². The van der Waals surface area contributed by atoms with Crippen LogP contribution in [0.4, 0.5) is 5.82 Å². The molecule has 18 heavy (non-hydrogen) atoms. The Balaban J connectivity index is 2.12. The molecule has 0 aliphatic rings. The molecule has 2 aromatic heterocycles. The van der Waals surface area contributed by atoms with E-state index in [1.165, 1.54) is 0 Å². The fourth-order valence-electron chi connectivity index (χ4n) is 1.95. The van der Waals surface area contributed by atoms with Crippen LogP contribution < -0.4 is 5.32 Å². The minimum Gasteiger partial charge on any atom is -0.369 e. The first-order chi connectivity index (χ1) is 8.76. The second-order valence-electron chi connectivity index (χ2n) is 4.36.